The second kappa shape index (κ2) is 10.5. The second-order valence-electron chi connectivity index (χ2n) is 4.40. The smallest absolute Gasteiger partial charge is 0.336 e. The van der Waals surface area contributed by atoms with Crippen molar-refractivity contribution in [3.63, 3.8) is 0 Å². The van der Waals surface area contributed by atoms with Gasteiger partial charge < -0.3 is 19.7 Å². The van der Waals surface area contributed by atoms with Crippen molar-refractivity contribution in [2.75, 3.05) is 13.2 Å². The van der Waals surface area contributed by atoms with Gasteiger partial charge in [-0.25, -0.2) is 9.59 Å². The molecule has 0 aliphatic carbocycles. The molecule has 0 saturated carbocycles. The first-order chi connectivity index (χ1) is 10.3. The normalized spacial score (nSPS) is 12.6. The summed E-state index contributed by atoms with van der Waals surface area (Å²) in [4.78, 5) is 23.0. The standard InChI is InChI=1S/C16H22O6/c1-5-7-13(17)11(3)15(19)21-9-10-22-16(20)12(4)14(18)8-6-2/h5-6,13-14,17-18H,1-4,7-10H2. The van der Waals surface area contributed by atoms with Crippen LogP contribution in [0.25, 0.3) is 0 Å². The van der Waals surface area contributed by atoms with Crippen molar-refractivity contribution in [2.45, 2.75) is 25.0 Å². The van der Waals surface area contributed by atoms with Crippen molar-refractivity contribution in [2.24, 2.45) is 0 Å². The van der Waals surface area contributed by atoms with Crippen LogP contribution in [0.1, 0.15) is 12.8 Å². The zero-order valence-corrected chi connectivity index (χ0v) is 12.5. The Balaban J connectivity index is 4.07. The molecule has 0 amide bonds. The first-order valence-corrected chi connectivity index (χ1v) is 6.64. The molecule has 6 heteroatoms. The van der Waals surface area contributed by atoms with Crippen molar-refractivity contribution in [1.29, 1.82) is 0 Å². The number of hydrogen-bond donors (Lipinski definition) is 2. The van der Waals surface area contributed by atoms with Gasteiger partial charge in [-0.3, -0.25) is 0 Å². The lowest BCUT2D eigenvalue weighted by atomic mass is 10.1. The van der Waals surface area contributed by atoms with Crippen LogP contribution in [0.3, 0.4) is 0 Å². The molecule has 0 aromatic rings. The van der Waals surface area contributed by atoms with Crippen LogP contribution < -0.4 is 0 Å². The number of aliphatic hydroxyl groups excluding tert-OH is 2. The van der Waals surface area contributed by atoms with E-state index in [1.54, 1.807) is 0 Å². The summed E-state index contributed by atoms with van der Waals surface area (Å²) in [5, 5.41) is 19.0. The highest BCUT2D eigenvalue weighted by atomic mass is 16.6. The number of carbonyl (C=O) groups is 2. The third-order valence-electron chi connectivity index (χ3n) is 2.66. The average molecular weight is 310 g/mol. The molecule has 0 radical (unpaired) electrons. The molecule has 0 rings (SSSR count). The molecule has 0 heterocycles. The van der Waals surface area contributed by atoms with E-state index in [4.69, 9.17) is 9.47 Å². The van der Waals surface area contributed by atoms with Gasteiger partial charge in [0.25, 0.3) is 0 Å². The van der Waals surface area contributed by atoms with E-state index in [0.29, 0.717) is 0 Å². The molecule has 0 bridgehead atoms. The van der Waals surface area contributed by atoms with Crippen LogP contribution in [0.4, 0.5) is 0 Å². The largest absolute Gasteiger partial charge is 0.459 e. The summed E-state index contributed by atoms with van der Waals surface area (Å²) in [5.74, 6) is -1.56. The molecular formula is C16H22O6. The molecule has 2 atom stereocenters. The van der Waals surface area contributed by atoms with Crippen molar-refractivity contribution in [3.8, 4) is 0 Å². The van der Waals surface area contributed by atoms with E-state index < -0.39 is 24.1 Å². The minimum atomic E-state index is -1.05. The van der Waals surface area contributed by atoms with Crippen molar-refractivity contribution in [1.82, 2.24) is 0 Å². The Morgan fingerprint density at radius 3 is 1.45 bits per heavy atom. The Morgan fingerprint density at radius 2 is 1.18 bits per heavy atom. The number of aliphatic hydroxyl groups is 2. The lowest BCUT2D eigenvalue weighted by Crippen LogP contribution is -2.23. The second-order valence-corrected chi connectivity index (χ2v) is 4.40. The zero-order valence-electron chi connectivity index (χ0n) is 12.5. The van der Waals surface area contributed by atoms with Crippen LogP contribution >= 0.6 is 0 Å². The summed E-state index contributed by atoms with van der Waals surface area (Å²) in [6.45, 7) is 13.3. The van der Waals surface area contributed by atoms with Crippen LogP contribution in [0.5, 0.6) is 0 Å². The third-order valence-corrected chi connectivity index (χ3v) is 2.66. The highest BCUT2D eigenvalue weighted by Gasteiger charge is 2.18. The van der Waals surface area contributed by atoms with Gasteiger partial charge in [0, 0.05) is 0 Å². The summed E-state index contributed by atoms with van der Waals surface area (Å²) >= 11 is 0. The maximum absolute atomic E-state index is 11.5. The third kappa shape index (κ3) is 7.01. The number of carbonyl (C=O) groups excluding carboxylic acids is 2. The summed E-state index contributed by atoms with van der Waals surface area (Å²) in [7, 11) is 0. The van der Waals surface area contributed by atoms with Crippen LogP contribution in [0, 0.1) is 0 Å². The van der Waals surface area contributed by atoms with Crippen molar-refractivity contribution in [3.05, 3.63) is 49.6 Å². The van der Waals surface area contributed by atoms with Gasteiger partial charge in [-0.2, -0.15) is 0 Å². The molecule has 0 aliphatic heterocycles. The lowest BCUT2D eigenvalue weighted by molar-refractivity contribution is -0.148. The van der Waals surface area contributed by atoms with Gasteiger partial charge in [0.15, 0.2) is 0 Å². The van der Waals surface area contributed by atoms with Crippen LogP contribution in [-0.4, -0.2) is 47.6 Å². The maximum atomic E-state index is 11.5. The molecule has 6 nitrogen and oxygen atoms in total. The SMILES string of the molecule is C=CCC(O)C(=C)C(=O)OCCOC(=O)C(=C)C(O)CC=C. The fourth-order valence-electron chi connectivity index (χ4n) is 1.33. The minimum absolute atomic E-state index is 0.1000. The van der Waals surface area contributed by atoms with Crippen LogP contribution in [-0.2, 0) is 19.1 Å². The van der Waals surface area contributed by atoms with E-state index in [1.807, 2.05) is 0 Å². The molecule has 122 valence electrons. The van der Waals surface area contributed by atoms with E-state index in [1.165, 1.54) is 12.2 Å². The fourth-order valence-corrected chi connectivity index (χ4v) is 1.33. The molecule has 22 heavy (non-hydrogen) atoms. The van der Waals surface area contributed by atoms with Gasteiger partial charge in [0.2, 0.25) is 0 Å². The first-order valence-electron chi connectivity index (χ1n) is 6.64. The zero-order chi connectivity index (χ0) is 17.1. The molecule has 0 aliphatic rings. The molecule has 0 aromatic carbocycles. The Bertz CT molecular complexity index is 410. The summed E-state index contributed by atoms with van der Waals surface area (Å²) in [6.07, 6.45) is 1.16. The quantitative estimate of drug-likeness (QED) is 0.256. The minimum Gasteiger partial charge on any atom is -0.459 e. The molecular weight excluding hydrogens is 288 g/mol. The van der Waals surface area contributed by atoms with Crippen molar-refractivity contribution < 1.29 is 29.3 Å². The Morgan fingerprint density at radius 1 is 0.864 bits per heavy atom. The first kappa shape index (κ1) is 19.8. The lowest BCUT2D eigenvalue weighted by Gasteiger charge is -2.13. The van der Waals surface area contributed by atoms with E-state index in [9.17, 15) is 19.8 Å². The highest BCUT2D eigenvalue weighted by molar-refractivity contribution is 5.89. The fraction of sp³-hybridized carbons (Fsp3) is 0.375. The molecule has 2 unspecified atom stereocenters. The van der Waals surface area contributed by atoms with E-state index >= 15 is 0 Å². The van der Waals surface area contributed by atoms with Gasteiger partial charge in [-0.15, -0.1) is 13.2 Å². The van der Waals surface area contributed by atoms with Gasteiger partial charge in [0.05, 0.1) is 23.4 Å². The highest BCUT2D eigenvalue weighted by Crippen LogP contribution is 2.08. The summed E-state index contributed by atoms with van der Waals surface area (Å²) in [5.41, 5.74) is -0.200. The summed E-state index contributed by atoms with van der Waals surface area (Å²) in [6, 6.07) is 0. The Labute approximate surface area is 130 Å². The molecule has 2 N–H and O–H groups in total. The molecule has 0 spiro atoms. The van der Waals surface area contributed by atoms with Crippen LogP contribution in [0.2, 0.25) is 0 Å². The van der Waals surface area contributed by atoms with Gasteiger partial charge in [0.1, 0.15) is 13.2 Å². The topological polar surface area (TPSA) is 93.1 Å². The van der Waals surface area contributed by atoms with Crippen molar-refractivity contribution >= 4 is 11.9 Å². The Hall–Kier alpha value is -2.18. The molecule has 0 aromatic heterocycles. The van der Waals surface area contributed by atoms with E-state index in [2.05, 4.69) is 26.3 Å². The van der Waals surface area contributed by atoms with Gasteiger partial charge >= 0.3 is 11.9 Å². The predicted octanol–water partition coefficient (Wildman–Crippen LogP) is 1.06. The van der Waals surface area contributed by atoms with E-state index in [0.717, 1.165) is 0 Å². The maximum Gasteiger partial charge on any atom is 0.336 e. The predicted molar refractivity (Wildman–Crippen MR) is 81.8 cm³/mol. The number of rotatable bonds is 11. The summed E-state index contributed by atoms with van der Waals surface area (Å²) < 4.78 is 9.58. The van der Waals surface area contributed by atoms with Gasteiger partial charge in [-0.05, 0) is 12.8 Å². The number of esters is 2. The number of hydrogen-bond acceptors (Lipinski definition) is 6. The van der Waals surface area contributed by atoms with E-state index in [-0.39, 0.29) is 37.2 Å². The Kier molecular flexibility index (Phi) is 9.49. The average Bonchev–Trinajstić information content (AvgIpc) is 2.49. The molecule has 0 saturated heterocycles. The number of ether oxygens (including phenoxy) is 2. The monoisotopic (exact) mass is 310 g/mol. The molecule has 0 fully saturated rings. The van der Waals surface area contributed by atoms with Gasteiger partial charge in [-0.1, -0.05) is 25.3 Å². The van der Waals surface area contributed by atoms with Crippen LogP contribution in [0.15, 0.2) is 49.6 Å².